The second-order valence-corrected chi connectivity index (χ2v) is 3.13. The molecule has 0 atom stereocenters. The highest BCUT2D eigenvalue weighted by molar-refractivity contribution is 5.39. The molecule has 0 spiro atoms. The summed E-state index contributed by atoms with van der Waals surface area (Å²) in [6, 6.07) is 7.65. The summed E-state index contributed by atoms with van der Waals surface area (Å²) >= 11 is 0. The van der Waals surface area contributed by atoms with Gasteiger partial charge < -0.3 is 9.47 Å². The first-order valence-corrected chi connectivity index (χ1v) is 4.73. The molecule has 0 radical (unpaired) electrons. The van der Waals surface area contributed by atoms with Gasteiger partial charge in [-0.1, -0.05) is 18.7 Å². The molecule has 0 aliphatic carbocycles. The Labute approximate surface area is 85.2 Å². The number of hydrogen-bond donors (Lipinski definition) is 0. The molecule has 0 saturated carbocycles. The summed E-state index contributed by atoms with van der Waals surface area (Å²) in [7, 11) is 0. The third-order valence-electron chi connectivity index (χ3n) is 1.62. The average molecular weight is 192 g/mol. The van der Waals surface area contributed by atoms with E-state index in [0.717, 1.165) is 17.1 Å². The van der Waals surface area contributed by atoms with E-state index >= 15 is 0 Å². The maximum Gasteiger partial charge on any atom is 0.161 e. The lowest BCUT2D eigenvalue weighted by Gasteiger charge is -2.10. The fourth-order valence-electron chi connectivity index (χ4n) is 1.05. The van der Waals surface area contributed by atoms with E-state index in [-0.39, 0.29) is 0 Å². The van der Waals surface area contributed by atoms with E-state index in [1.807, 2.05) is 38.1 Å². The summed E-state index contributed by atoms with van der Waals surface area (Å²) in [5.74, 6) is 1.56. The van der Waals surface area contributed by atoms with E-state index in [9.17, 15) is 0 Å². The third-order valence-corrected chi connectivity index (χ3v) is 1.62. The van der Waals surface area contributed by atoms with Gasteiger partial charge in [0.1, 0.15) is 6.61 Å². The second kappa shape index (κ2) is 5.32. The number of benzene rings is 1. The van der Waals surface area contributed by atoms with E-state index in [1.165, 1.54) is 0 Å². The monoisotopic (exact) mass is 192 g/mol. The van der Waals surface area contributed by atoms with Crippen molar-refractivity contribution in [3.63, 3.8) is 0 Å². The van der Waals surface area contributed by atoms with Crippen molar-refractivity contribution >= 4 is 0 Å². The Morgan fingerprint density at radius 1 is 1.21 bits per heavy atom. The zero-order chi connectivity index (χ0) is 10.4. The van der Waals surface area contributed by atoms with Gasteiger partial charge in [0, 0.05) is 0 Å². The largest absolute Gasteiger partial charge is 0.490 e. The van der Waals surface area contributed by atoms with Crippen LogP contribution in [-0.2, 0) is 0 Å². The van der Waals surface area contributed by atoms with Gasteiger partial charge in [0.15, 0.2) is 11.5 Å². The van der Waals surface area contributed by atoms with Crippen LogP contribution in [0.1, 0.15) is 13.8 Å². The number of ether oxygens (including phenoxy) is 2. The van der Waals surface area contributed by atoms with Crippen LogP contribution in [0.15, 0.2) is 36.4 Å². The molecule has 1 aromatic carbocycles. The van der Waals surface area contributed by atoms with Crippen LogP contribution in [0.2, 0.25) is 0 Å². The van der Waals surface area contributed by atoms with Gasteiger partial charge in [0.05, 0.1) is 6.61 Å². The molecule has 14 heavy (non-hydrogen) atoms. The van der Waals surface area contributed by atoms with Crippen LogP contribution in [0.25, 0.3) is 0 Å². The fourth-order valence-corrected chi connectivity index (χ4v) is 1.05. The van der Waals surface area contributed by atoms with Crippen molar-refractivity contribution in [1.82, 2.24) is 0 Å². The van der Waals surface area contributed by atoms with E-state index < -0.39 is 0 Å². The maximum atomic E-state index is 5.53. The van der Waals surface area contributed by atoms with E-state index in [2.05, 4.69) is 6.58 Å². The Kier molecular flexibility index (Phi) is 4.05. The predicted molar refractivity (Wildman–Crippen MR) is 57.9 cm³/mol. The summed E-state index contributed by atoms with van der Waals surface area (Å²) < 4.78 is 10.9. The quantitative estimate of drug-likeness (QED) is 0.667. The Hall–Kier alpha value is -1.44. The van der Waals surface area contributed by atoms with E-state index in [4.69, 9.17) is 9.47 Å². The first-order chi connectivity index (χ1) is 6.74. The number of para-hydroxylation sites is 2. The molecule has 1 aromatic rings. The van der Waals surface area contributed by atoms with Crippen molar-refractivity contribution in [2.75, 3.05) is 13.2 Å². The highest BCUT2D eigenvalue weighted by atomic mass is 16.5. The maximum absolute atomic E-state index is 5.53. The van der Waals surface area contributed by atoms with Gasteiger partial charge in [-0.05, 0) is 31.6 Å². The first kappa shape index (κ1) is 10.6. The van der Waals surface area contributed by atoms with Crippen molar-refractivity contribution in [2.45, 2.75) is 13.8 Å². The van der Waals surface area contributed by atoms with E-state index in [1.54, 1.807) is 0 Å². The average Bonchev–Trinajstić information content (AvgIpc) is 2.17. The van der Waals surface area contributed by atoms with Crippen LogP contribution in [0.4, 0.5) is 0 Å². The van der Waals surface area contributed by atoms with Gasteiger partial charge >= 0.3 is 0 Å². The molecule has 0 saturated heterocycles. The predicted octanol–water partition coefficient (Wildman–Crippen LogP) is 3.04. The molecular weight excluding hydrogens is 176 g/mol. The van der Waals surface area contributed by atoms with Crippen LogP contribution in [0.3, 0.4) is 0 Å². The van der Waals surface area contributed by atoms with Crippen LogP contribution >= 0.6 is 0 Å². The summed E-state index contributed by atoms with van der Waals surface area (Å²) in [5, 5.41) is 0. The standard InChI is InChI=1S/C12H16O2/c1-4-13-11-7-5-6-8-12(11)14-9-10(2)3/h5-8H,2,4,9H2,1,3H3. The summed E-state index contributed by atoms with van der Waals surface area (Å²) in [5.41, 5.74) is 0.997. The molecule has 76 valence electrons. The van der Waals surface area contributed by atoms with Crippen molar-refractivity contribution < 1.29 is 9.47 Å². The SMILES string of the molecule is C=C(C)COc1ccccc1OCC. The highest BCUT2D eigenvalue weighted by Crippen LogP contribution is 2.26. The topological polar surface area (TPSA) is 18.5 Å². The molecule has 0 unspecified atom stereocenters. The van der Waals surface area contributed by atoms with Crippen LogP contribution in [0, 0.1) is 0 Å². The lowest BCUT2D eigenvalue weighted by Crippen LogP contribution is -2.00. The molecule has 0 aliphatic rings. The molecule has 0 amide bonds. The van der Waals surface area contributed by atoms with Gasteiger partial charge in [-0.15, -0.1) is 0 Å². The molecule has 0 fully saturated rings. The zero-order valence-electron chi connectivity index (χ0n) is 8.75. The van der Waals surface area contributed by atoms with Gasteiger partial charge in [0.25, 0.3) is 0 Å². The summed E-state index contributed by atoms with van der Waals surface area (Å²) in [4.78, 5) is 0. The number of hydrogen-bond acceptors (Lipinski definition) is 2. The van der Waals surface area contributed by atoms with Crippen molar-refractivity contribution in [3.05, 3.63) is 36.4 Å². The van der Waals surface area contributed by atoms with Crippen LogP contribution in [0.5, 0.6) is 11.5 Å². The minimum atomic E-state index is 0.532. The molecule has 2 heteroatoms. The smallest absolute Gasteiger partial charge is 0.161 e. The summed E-state index contributed by atoms with van der Waals surface area (Å²) in [6.45, 7) is 8.85. The van der Waals surface area contributed by atoms with Crippen molar-refractivity contribution in [1.29, 1.82) is 0 Å². The Morgan fingerprint density at radius 2 is 1.79 bits per heavy atom. The minimum Gasteiger partial charge on any atom is -0.490 e. The molecule has 0 bridgehead atoms. The van der Waals surface area contributed by atoms with Crippen molar-refractivity contribution in [3.8, 4) is 11.5 Å². The Morgan fingerprint density at radius 3 is 2.29 bits per heavy atom. The Bertz CT molecular complexity index is 305. The molecule has 2 nitrogen and oxygen atoms in total. The third kappa shape index (κ3) is 3.13. The highest BCUT2D eigenvalue weighted by Gasteiger charge is 2.02. The van der Waals surface area contributed by atoms with Gasteiger partial charge in [-0.3, -0.25) is 0 Å². The Balaban J connectivity index is 2.68. The van der Waals surface area contributed by atoms with Gasteiger partial charge in [-0.2, -0.15) is 0 Å². The molecule has 0 aromatic heterocycles. The minimum absolute atomic E-state index is 0.532. The van der Waals surface area contributed by atoms with Gasteiger partial charge in [-0.25, -0.2) is 0 Å². The zero-order valence-corrected chi connectivity index (χ0v) is 8.75. The lowest BCUT2D eigenvalue weighted by molar-refractivity contribution is 0.293. The summed E-state index contributed by atoms with van der Waals surface area (Å²) in [6.07, 6.45) is 0. The first-order valence-electron chi connectivity index (χ1n) is 4.73. The molecule has 0 aliphatic heterocycles. The molecule has 0 heterocycles. The van der Waals surface area contributed by atoms with E-state index in [0.29, 0.717) is 13.2 Å². The van der Waals surface area contributed by atoms with Gasteiger partial charge in [0.2, 0.25) is 0 Å². The van der Waals surface area contributed by atoms with Crippen LogP contribution < -0.4 is 9.47 Å². The van der Waals surface area contributed by atoms with Crippen LogP contribution in [-0.4, -0.2) is 13.2 Å². The lowest BCUT2D eigenvalue weighted by atomic mass is 10.3. The molecule has 0 N–H and O–H groups in total. The second-order valence-electron chi connectivity index (χ2n) is 3.13. The fraction of sp³-hybridized carbons (Fsp3) is 0.333. The number of rotatable bonds is 5. The molecule has 1 rings (SSSR count). The normalized spacial score (nSPS) is 9.57. The van der Waals surface area contributed by atoms with Crippen molar-refractivity contribution in [2.24, 2.45) is 0 Å². The molecular formula is C12H16O2.